The van der Waals surface area contributed by atoms with Gasteiger partial charge in [-0.3, -0.25) is 9.59 Å². The first-order valence-electron chi connectivity index (χ1n) is 11.1. The Kier molecular flexibility index (Phi) is 5.13. The summed E-state index contributed by atoms with van der Waals surface area (Å²) >= 11 is 1.61. The Morgan fingerprint density at radius 1 is 1.30 bits per heavy atom. The molecule has 1 aromatic carbocycles. The number of aromatic nitrogens is 1. The van der Waals surface area contributed by atoms with Crippen molar-refractivity contribution in [2.75, 3.05) is 26.2 Å². The fourth-order valence-corrected chi connectivity index (χ4v) is 6.24. The molecule has 30 heavy (non-hydrogen) atoms. The minimum atomic E-state index is -0.497. The minimum Gasteiger partial charge on any atom is -0.342 e. The second-order valence-electron chi connectivity index (χ2n) is 9.25. The maximum Gasteiger partial charge on any atom is 0.231 e. The van der Waals surface area contributed by atoms with Crippen molar-refractivity contribution < 1.29 is 9.59 Å². The molecule has 0 radical (unpaired) electrons. The number of benzene rings is 1. The summed E-state index contributed by atoms with van der Waals surface area (Å²) in [4.78, 5) is 35.5. The summed E-state index contributed by atoms with van der Waals surface area (Å²) in [6.07, 6.45) is 6.82. The van der Waals surface area contributed by atoms with E-state index in [1.807, 2.05) is 47.7 Å². The fourth-order valence-electron chi connectivity index (χ4n) is 5.39. The molecular weight excluding hydrogens is 394 g/mol. The van der Waals surface area contributed by atoms with Gasteiger partial charge in [-0.05, 0) is 43.2 Å². The van der Waals surface area contributed by atoms with E-state index >= 15 is 0 Å². The maximum atomic E-state index is 13.7. The summed E-state index contributed by atoms with van der Waals surface area (Å²) in [6.45, 7) is 4.88. The van der Waals surface area contributed by atoms with Crippen LogP contribution < -0.4 is 0 Å². The highest BCUT2D eigenvalue weighted by atomic mass is 32.1. The van der Waals surface area contributed by atoms with Gasteiger partial charge in [0.2, 0.25) is 11.8 Å². The van der Waals surface area contributed by atoms with E-state index in [2.05, 4.69) is 9.88 Å². The topological polar surface area (TPSA) is 53.5 Å². The zero-order valence-corrected chi connectivity index (χ0v) is 18.4. The van der Waals surface area contributed by atoms with E-state index in [9.17, 15) is 9.59 Å². The molecule has 6 heteroatoms. The molecule has 1 aliphatic carbocycles. The van der Waals surface area contributed by atoms with Crippen molar-refractivity contribution in [3.05, 3.63) is 52.0 Å². The number of carbonyl (C=O) groups excluding carboxylic acids is 2. The predicted octanol–water partition coefficient (Wildman–Crippen LogP) is 3.64. The number of thiazole rings is 1. The number of nitrogens with zero attached hydrogens (tertiary/aromatic N) is 3. The first-order chi connectivity index (χ1) is 14.6. The molecule has 1 spiro atoms. The van der Waals surface area contributed by atoms with Crippen LogP contribution in [-0.4, -0.2) is 52.8 Å². The van der Waals surface area contributed by atoms with Crippen molar-refractivity contribution in [2.24, 2.45) is 11.3 Å². The molecule has 2 aliphatic heterocycles. The van der Waals surface area contributed by atoms with E-state index in [1.165, 1.54) is 19.3 Å². The van der Waals surface area contributed by atoms with Gasteiger partial charge in [0, 0.05) is 43.7 Å². The Balaban J connectivity index is 1.38. The Morgan fingerprint density at radius 3 is 2.83 bits per heavy atom. The number of hydrogen-bond donors (Lipinski definition) is 0. The smallest absolute Gasteiger partial charge is 0.231 e. The zero-order valence-electron chi connectivity index (χ0n) is 17.5. The van der Waals surface area contributed by atoms with Gasteiger partial charge < -0.3 is 9.80 Å². The quantitative estimate of drug-likeness (QED) is 0.738. The maximum absolute atomic E-state index is 13.7. The summed E-state index contributed by atoms with van der Waals surface area (Å²) in [5.74, 6) is 1.05. The third-order valence-corrected chi connectivity index (χ3v) is 8.38. The number of rotatable bonds is 5. The summed E-state index contributed by atoms with van der Waals surface area (Å²) in [7, 11) is 0. The number of amides is 2. The van der Waals surface area contributed by atoms with E-state index < -0.39 is 5.41 Å². The standard InChI is InChI=1S/C24H29N3O2S/c1-17-5-2-3-8-19(17)13-21(28)27-15-20(22-25-10-12-30-22)24(16-27)9-11-26(23(24)29)14-18-6-4-7-18/h2-3,5,8,10,12,18,20H,4,6-7,9,11,13-16H2,1H3. The highest BCUT2D eigenvalue weighted by Gasteiger charge is 2.58. The molecule has 3 aliphatic rings. The Bertz CT molecular complexity index is 940. The Labute approximate surface area is 182 Å². The van der Waals surface area contributed by atoms with Crippen molar-refractivity contribution >= 4 is 23.2 Å². The molecule has 0 N–H and O–H groups in total. The zero-order chi connectivity index (χ0) is 20.7. The molecule has 2 amide bonds. The molecule has 0 bridgehead atoms. The first kappa shape index (κ1) is 19.7. The van der Waals surface area contributed by atoms with E-state index in [1.54, 1.807) is 11.3 Å². The second-order valence-corrected chi connectivity index (χ2v) is 10.2. The average molecular weight is 424 g/mol. The van der Waals surface area contributed by atoms with Crippen molar-refractivity contribution in [2.45, 2.75) is 44.9 Å². The van der Waals surface area contributed by atoms with Crippen LogP contribution in [0.3, 0.4) is 0 Å². The van der Waals surface area contributed by atoms with Crippen LogP contribution in [0.2, 0.25) is 0 Å². The molecule has 5 rings (SSSR count). The Hall–Kier alpha value is -2.21. The van der Waals surface area contributed by atoms with Gasteiger partial charge in [-0.1, -0.05) is 30.7 Å². The highest BCUT2D eigenvalue weighted by molar-refractivity contribution is 7.09. The van der Waals surface area contributed by atoms with Crippen molar-refractivity contribution in [3.63, 3.8) is 0 Å². The van der Waals surface area contributed by atoms with E-state index in [-0.39, 0.29) is 17.7 Å². The van der Waals surface area contributed by atoms with E-state index in [0.717, 1.165) is 35.6 Å². The lowest BCUT2D eigenvalue weighted by atomic mass is 9.76. The van der Waals surface area contributed by atoms with Gasteiger partial charge in [-0.2, -0.15) is 0 Å². The van der Waals surface area contributed by atoms with Crippen LogP contribution in [0, 0.1) is 18.3 Å². The lowest BCUT2D eigenvalue weighted by molar-refractivity contribution is -0.137. The van der Waals surface area contributed by atoms with Gasteiger partial charge in [0.25, 0.3) is 0 Å². The fraction of sp³-hybridized carbons (Fsp3) is 0.542. The molecule has 1 aromatic heterocycles. The van der Waals surface area contributed by atoms with Gasteiger partial charge >= 0.3 is 0 Å². The lowest BCUT2D eigenvalue weighted by Gasteiger charge is -2.32. The summed E-state index contributed by atoms with van der Waals surface area (Å²) in [5.41, 5.74) is 1.71. The third kappa shape index (κ3) is 3.35. The molecule has 3 heterocycles. The van der Waals surface area contributed by atoms with Crippen LogP contribution in [0.25, 0.3) is 0 Å². The van der Waals surface area contributed by atoms with Crippen LogP contribution in [0.1, 0.15) is 47.7 Å². The number of carbonyl (C=O) groups is 2. The Morgan fingerprint density at radius 2 is 2.13 bits per heavy atom. The predicted molar refractivity (Wildman–Crippen MR) is 117 cm³/mol. The molecule has 2 atom stereocenters. The van der Waals surface area contributed by atoms with Gasteiger partial charge in [0.1, 0.15) is 0 Å². The number of aryl methyl sites for hydroxylation is 1. The van der Waals surface area contributed by atoms with Gasteiger partial charge in [-0.25, -0.2) is 4.98 Å². The summed E-state index contributed by atoms with van der Waals surface area (Å²) < 4.78 is 0. The van der Waals surface area contributed by atoms with Crippen molar-refractivity contribution in [3.8, 4) is 0 Å². The lowest BCUT2D eigenvalue weighted by Crippen LogP contribution is -2.42. The summed E-state index contributed by atoms with van der Waals surface area (Å²) in [5, 5.41) is 2.98. The van der Waals surface area contributed by atoms with E-state index in [0.29, 0.717) is 25.4 Å². The summed E-state index contributed by atoms with van der Waals surface area (Å²) in [6, 6.07) is 8.06. The van der Waals surface area contributed by atoms with Crippen LogP contribution in [0.4, 0.5) is 0 Å². The van der Waals surface area contributed by atoms with Crippen LogP contribution in [0.15, 0.2) is 35.8 Å². The average Bonchev–Trinajstić information content (AvgIpc) is 3.42. The first-order valence-corrected chi connectivity index (χ1v) is 12.0. The van der Waals surface area contributed by atoms with Gasteiger partial charge in [-0.15, -0.1) is 11.3 Å². The SMILES string of the molecule is Cc1ccccc1CC(=O)N1CC(c2nccs2)C2(CCN(CC3CCC3)C2=O)C1. The second kappa shape index (κ2) is 7.80. The molecule has 2 unspecified atom stereocenters. The molecule has 158 valence electrons. The van der Waals surface area contributed by atoms with Crippen molar-refractivity contribution in [1.29, 1.82) is 0 Å². The monoisotopic (exact) mass is 423 g/mol. The van der Waals surface area contributed by atoms with Crippen LogP contribution in [-0.2, 0) is 16.0 Å². The number of hydrogen-bond acceptors (Lipinski definition) is 4. The third-order valence-electron chi connectivity index (χ3n) is 7.49. The molecule has 2 aromatic rings. The molecule has 3 fully saturated rings. The van der Waals surface area contributed by atoms with Crippen LogP contribution >= 0.6 is 11.3 Å². The molecule has 1 saturated carbocycles. The normalized spacial score (nSPS) is 26.6. The van der Waals surface area contributed by atoms with E-state index in [4.69, 9.17) is 0 Å². The van der Waals surface area contributed by atoms with Crippen molar-refractivity contribution in [1.82, 2.24) is 14.8 Å². The molecule has 2 saturated heterocycles. The molecule has 5 nitrogen and oxygen atoms in total. The number of likely N-dealkylation sites (tertiary alicyclic amines) is 2. The van der Waals surface area contributed by atoms with Gasteiger partial charge in [0.05, 0.1) is 16.8 Å². The van der Waals surface area contributed by atoms with Gasteiger partial charge in [0.15, 0.2) is 0 Å². The van der Waals surface area contributed by atoms with Crippen LogP contribution in [0.5, 0.6) is 0 Å². The minimum absolute atomic E-state index is 0.0113. The molecular formula is C24H29N3O2S. The highest BCUT2D eigenvalue weighted by Crippen LogP contribution is 2.50. The largest absolute Gasteiger partial charge is 0.342 e.